The number of aliphatic hydroxyl groups is 4. The van der Waals surface area contributed by atoms with Gasteiger partial charge in [-0.15, -0.1) is 0 Å². The van der Waals surface area contributed by atoms with Gasteiger partial charge in [0.2, 0.25) is 0 Å². The third-order valence-electron chi connectivity index (χ3n) is 11.5. The molecule has 1 fully saturated rings. The van der Waals surface area contributed by atoms with E-state index in [2.05, 4.69) is 29.8 Å². The molecule has 1 saturated carbocycles. The first-order chi connectivity index (χ1) is 30.0. The standard InChI is InChI=1S/C45H84O16P2/c1-4-6-19-25-37(46)29-30-41-40(42(48)31-43(41)49)26-22-23-28-45(51)61-39(35-60-63(55,56)59-33-38(47)32-58-62(52,53)54)34-57-44(50)27-21-18-16-14-12-10-8-7-9-11-13-15-17-20-24-36(3)5-2/h22-23,29-30,36-43,46-49H,4-21,24-28,31-35H2,1-3H3,(H,55,56)(H2,52,53,54)/b23-22-,30-29+/t36?,37-,38+,39-,40+,41-,42+,43-/m1/s1. The highest BCUT2D eigenvalue weighted by Gasteiger charge is 2.39. The lowest BCUT2D eigenvalue weighted by Crippen LogP contribution is -2.29. The second kappa shape index (κ2) is 35.6. The Balaban J connectivity index is 2.56. The molecule has 1 rings (SSSR count). The molecule has 0 aliphatic heterocycles. The number of unbranched alkanes of at least 4 members (excludes halogenated alkanes) is 15. The minimum absolute atomic E-state index is 0.133. The normalized spacial score (nSPS) is 21.1. The van der Waals surface area contributed by atoms with Crippen LogP contribution in [0.5, 0.6) is 0 Å². The molecule has 370 valence electrons. The summed E-state index contributed by atoms with van der Waals surface area (Å²) in [6, 6.07) is 0. The van der Waals surface area contributed by atoms with Crippen LogP contribution in [0.1, 0.15) is 175 Å². The summed E-state index contributed by atoms with van der Waals surface area (Å²) in [5, 5.41) is 41.2. The number of phosphoric acid groups is 2. The van der Waals surface area contributed by atoms with E-state index in [4.69, 9.17) is 23.8 Å². The van der Waals surface area contributed by atoms with Crippen molar-refractivity contribution in [3.05, 3.63) is 24.3 Å². The summed E-state index contributed by atoms with van der Waals surface area (Å²) in [5.74, 6) is -1.22. The number of hydrogen-bond acceptors (Lipinski definition) is 13. The second-order valence-corrected chi connectivity index (χ2v) is 20.0. The SMILES string of the molecule is CCCCC[C@@H](O)/C=C/[C@@H]1[C@H](C/C=C\CC(=O)O[C@H](COC(=O)CCCCCCCCCCCCCCCCC(C)CC)COP(=O)(O)OC[C@@H](O)COP(=O)(O)O)[C@@H](O)C[C@H]1O. The Hall–Kier alpha value is -1.52. The molecular formula is C45H84O16P2. The maximum Gasteiger partial charge on any atom is 0.472 e. The van der Waals surface area contributed by atoms with Gasteiger partial charge in [0.1, 0.15) is 12.7 Å². The smallest absolute Gasteiger partial charge is 0.462 e. The molecule has 0 heterocycles. The molecule has 0 aromatic rings. The number of carbonyl (C=O) groups is 2. The summed E-state index contributed by atoms with van der Waals surface area (Å²) in [7, 11) is -9.81. The lowest BCUT2D eigenvalue weighted by Gasteiger charge is -2.20. The van der Waals surface area contributed by atoms with Crippen LogP contribution in [0.15, 0.2) is 24.3 Å². The van der Waals surface area contributed by atoms with E-state index in [1.54, 1.807) is 18.2 Å². The molecule has 2 unspecified atom stereocenters. The monoisotopic (exact) mass is 943 g/mol. The molecule has 0 saturated heterocycles. The Bertz CT molecular complexity index is 1340. The summed E-state index contributed by atoms with van der Waals surface area (Å²) < 4.78 is 47.8. The van der Waals surface area contributed by atoms with Gasteiger partial charge in [0, 0.05) is 18.8 Å². The van der Waals surface area contributed by atoms with E-state index in [0.717, 1.165) is 50.9 Å². The van der Waals surface area contributed by atoms with Crippen LogP contribution in [-0.2, 0) is 41.8 Å². The Morgan fingerprint density at radius 3 is 1.83 bits per heavy atom. The quantitative estimate of drug-likeness (QED) is 0.0131. The van der Waals surface area contributed by atoms with Crippen molar-refractivity contribution < 1.29 is 76.9 Å². The molecule has 0 aromatic carbocycles. The van der Waals surface area contributed by atoms with E-state index >= 15 is 0 Å². The molecule has 63 heavy (non-hydrogen) atoms. The largest absolute Gasteiger partial charge is 0.472 e. The van der Waals surface area contributed by atoms with Crippen LogP contribution >= 0.6 is 15.6 Å². The average Bonchev–Trinajstić information content (AvgIpc) is 3.50. The minimum Gasteiger partial charge on any atom is -0.462 e. The van der Waals surface area contributed by atoms with Crippen LogP contribution in [0.25, 0.3) is 0 Å². The number of hydrogen-bond donors (Lipinski definition) is 7. The number of ether oxygens (including phenoxy) is 2. The average molecular weight is 943 g/mol. The maximum absolute atomic E-state index is 12.8. The summed E-state index contributed by atoms with van der Waals surface area (Å²) in [4.78, 5) is 53.1. The van der Waals surface area contributed by atoms with Crippen molar-refractivity contribution >= 4 is 27.6 Å². The van der Waals surface area contributed by atoms with Crippen molar-refractivity contribution in [1.82, 2.24) is 0 Å². The van der Waals surface area contributed by atoms with Gasteiger partial charge >= 0.3 is 27.6 Å². The van der Waals surface area contributed by atoms with Crippen LogP contribution in [-0.4, -0.2) is 104 Å². The Kier molecular flexibility index (Phi) is 33.7. The number of esters is 2. The highest BCUT2D eigenvalue weighted by molar-refractivity contribution is 7.47. The van der Waals surface area contributed by atoms with Gasteiger partial charge in [-0.3, -0.25) is 23.2 Å². The molecule has 0 bridgehead atoms. The predicted molar refractivity (Wildman–Crippen MR) is 241 cm³/mol. The highest BCUT2D eigenvalue weighted by Crippen LogP contribution is 2.44. The molecule has 1 aliphatic carbocycles. The first kappa shape index (κ1) is 59.5. The van der Waals surface area contributed by atoms with Gasteiger partial charge in [0.15, 0.2) is 6.10 Å². The van der Waals surface area contributed by atoms with Crippen molar-refractivity contribution in [2.75, 3.05) is 26.4 Å². The number of aliphatic hydroxyl groups excluding tert-OH is 4. The molecule has 1 aliphatic rings. The second-order valence-electron chi connectivity index (χ2n) is 17.3. The van der Waals surface area contributed by atoms with Gasteiger partial charge in [-0.05, 0) is 31.1 Å². The minimum atomic E-state index is -4.91. The van der Waals surface area contributed by atoms with E-state index in [-0.39, 0.29) is 25.2 Å². The molecule has 0 aromatic heterocycles. The van der Waals surface area contributed by atoms with Gasteiger partial charge in [0.25, 0.3) is 0 Å². The zero-order valence-corrected chi connectivity index (χ0v) is 40.2. The lowest BCUT2D eigenvalue weighted by atomic mass is 9.89. The van der Waals surface area contributed by atoms with E-state index in [1.807, 2.05) is 0 Å². The first-order valence-corrected chi connectivity index (χ1v) is 26.7. The number of phosphoric ester groups is 2. The van der Waals surface area contributed by atoms with E-state index < -0.39 is 90.4 Å². The fourth-order valence-corrected chi connectivity index (χ4v) is 8.57. The van der Waals surface area contributed by atoms with Gasteiger partial charge in [-0.2, -0.15) is 0 Å². The Labute approximate surface area is 377 Å². The third kappa shape index (κ3) is 32.7. The summed E-state index contributed by atoms with van der Waals surface area (Å²) in [5.41, 5.74) is 0. The molecule has 0 amide bonds. The van der Waals surface area contributed by atoms with Crippen molar-refractivity contribution in [3.63, 3.8) is 0 Å². The Morgan fingerprint density at radius 1 is 0.683 bits per heavy atom. The van der Waals surface area contributed by atoms with Crippen molar-refractivity contribution in [2.24, 2.45) is 17.8 Å². The van der Waals surface area contributed by atoms with Gasteiger partial charge in [-0.1, -0.05) is 161 Å². The van der Waals surface area contributed by atoms with Crippen molar-refractivity contribution in [3.8, 4) is 0 Å². The number of allylic oxidation sites excluding steroid dienone is 1. The van der Waals surface area contributed by atoms with Crippen LogP contribution in [0.4, 0.5) is 0 Å². The predicted octanol–water partition coefficient (Wildman–Crippen LogP) is 8.52. The molecule has 9 atom stereocenters. The van der Waals surface area contributed by atoms with Gasteiger partial charge in [0.05, 0.1) is 44.6 Å². The highest BCUT2D eigenvalue weighted by atomic mass is 31.2. The molecule has 18 heteroatoms. The van der Waals surface area contributed by atoms with E-state index in [1.165, 1.54) is 76.7 Å². The summed E-state index contributed by atoms with van der Waals surface area (Å²) in [6.07, 6.45) is 24.4. The fourth-order valence-electron chi connectivity index (χ4n) is 7.42. The maximum atomic E-state index is 12.8. The summed E-state index contributed by atoms with van der Waals surface area (Å²) >= 11 is 0. The Morgan fingerprint density at radius 2 is 1.24 bits per heavy atom. The first-order valence-electron chi connectivity index (χ1n) is 23.7. The van der Waals surface area contributed by atoms with E-state index in [9.17, 15) is 44.0 Å². The third-order valence-corrected chi connectivity index (χ3v) is 12.9. The van der Waals surface area contributed by atoms with Crippen molar-refractivity contribution in [2.45, 2.75) is 205 Å². The zero-order valence-electron chi connectivity index (χ0n) is 38.4. The molecule has 0 radical (unpaired) electrons. The van der Waals surface area contributed by atoms with E-state index in [0.29, 0.717) is 19.3 Å². The van der Waals surface area contributed by atoms with Gasteiger partial charge in [-0.25, -0.2) is 9.13 Å². The van der Waals surface area contributed by atoms with Crippen LogP contribution < -0.4 is 0 Å². The van der Waals surface area contributed by atoms with Crippen molar-refractivity contribution in [1.29, 1.82) is 0 Å². The molecular weight excluding hydrogens is 858 g/mol. The lowest BCUT2D eigenvalue weighted by molar-refractivity contribution is -0.160. The van der Waals surface area contributed by atoms with Crippen LogP contribution in [0, 0.1) is 17.8 Å². The van der Waals surface area contributed by atoms with Crippen LogP contribution in [0.3, 0.4) is 0 Å². The number of carbonyl (C=O) groups excluding carboxylic acids is 2. The van der Waals surface area contributed by atoms with Crippen LogP contribution in [0.2, 0.25) is 0 Å². The molecule has 16 nitrogen and oxygen atoms in total. The number of rotatable bonds is 40. The zero-order chi connectivity index (χ0) is 46.9. The molecule has 0 spiro atoms. The molecule has 7 N–H and O–H groups in total. The summed E-state index contributed by atoms with van der Waals surface area (Å²) in [6.45, 7) is 3.66. The fraction of sp³-hybridized carbons (Fsp3) is 0.867. The topological polar surface area (TPSA) is 256 Å². The van der Waals surface area contributed by atoms with Gasteiger partial charge < -0.3 is 44.6 Å².